The molecule has 1 amide bonds. The maximum Gasteiger partial charge on any atom is 0.227 e. The van der Waals surface area contributed by atoms with Crippen LogP contribution in [0.2, 0.25) is 5.02 Å². The van der Waals surface area contributed by atoms with Gasteiger partial charge >= 0.3 is 0 Å². The van der Waals surface area contributed by atoms with Gasteiger partial charge in [-0.2, -0.15) is 5.26 Å². The first kappa shape index (κ1) is 12.9. The van der Waals surface area contributed by atoms with Crippen molar-refractivity contribution in [3.63, 3.8) is 0 Å². The number of nitriles is 1. The molecule has 1 aromatic rings. The monoisotopic (exact) mass is 262 g/mol. The lowest BCUT2D eigenvalue weighted by atomic mass is 9.88. The van der Waals surface area contributed by atoms with Crippen molar-refractivity contribution in [2.24, 2.45) is 5.92 Å². The average molecular weight is 263 g/mol. The standard InChI is InChI=1S/C14H15ClN2O/c15-12-7-6-11(9-16)13(8-12)17-14(18)10-4-2-1-3-5-10/h6-8,10H,1-5H2,(H,17,18). The second kappa shape index (κ2) is 5.88. The van der Waals surface area contributed by atoms with Crippen LogP contribution in [0.1, 0.15) is 37.7 Å². The van der Waals surface area contributed by atoms with Crippen molar-refractivity contribution in [3.8, 4) is 6.07 Å². The topological polar surface area (TPSA) is 52.9 Å². The molecule has 94 valence electrons. The van der Waals surface area contributed by atoms with Gasteiger partial charge in [0.25, 0.3) is 0 Å². The number of rotatable bonds is 2. The smallest absolute Gasteiger partial charge is 0.227 e. The maximum atomic E-state index is 12.1. The van der Waals surface area contributed by atoms with Gasteiger partial charge in [0.15, 0.2) is 0 Å². The van der Waals surface area contributed by atoms with Crippen molar-refractivity contribution in [2.45, 2.75) is 32.1 Å². The Morgan fingerprint density at radius 1 is 1.33 bits per heavy atom. The summed E-state index contributed by atoms with van der Waals surface area (Å²) in [5.41, 5.74) is 0.962. The van der Waals surface area contributed by atoms with Crippen LogP contribution in [0, 0.1) is 17.2 Å². The molecule has 0 bridgehead atoms. The van der Waals surface area contributed by atoms with E-state index in [9.17, 15) is 4.79 Å². The Hall–Kier alpha value is -1.53. The zero-order valence-electron chi connectivity index (χ0n) is 10.1. The predicted molar refractivity (Wildman–Crippen MR) is 71.4 cm³/mol. The minimum atomic E-state index is 0.00784. The second-order valence-electron chi connectivity index (χ2n) is 4.63. The lowest BCUT2D eigenvalue weighted by Crippen LogP contribution is -2.25. The summed E-state index contributed by atoms with van der Waals surface area (Å²) < 4.78 is 0. The fourth-order valence-corrected chi connectivity index (χ4v) is 2.49. The fraction of sp³-hybridized carbons (Fsp3) is 0.429. The molecule has 0 unspecified atom stereocenters. The Bertz CT molecular complexity index is 487. The third-order valence-corrected chi connectivity index (χ3v) is 3.57. The highest BCUT2D eigenvalue weighted by Crippen LogP contribution is 2.26. The summed E-state index contributed by atoms with van der Waals surface area (Å²) in [5.74, 6) is 0.0812. The van der Waals surface area contributed by atoms with Gasteiger partial charge in [-0.3, -0.25) is 4.79 Å². The number of nitrogens with one attached hydrogen (secondary N) is 1. The average Bonchev–Trinajstić information content (AvgIpc) is 2.40. The van der Waals surface area contributed by atoms with Crippen LogP contribution in [-0.4, -0.2) is 5.91 Å². The Balaban J connectivity index is 2.11. The molecule has 2 rings (SSSR count). The van der Waals surface area contributed by atoms with E-state index in [1.165, 1.54) is 6.42 Å². The van der Waals surface area contributed by atoms with Gasteiger partial charge in [-0.1, -0.05) is 30.9 Å². The van der Waals surface area contributed by atoms with Crippen LogP contribution in [0.15, 0.2) is 18.2 Å². The highest BCUT2D eigenvalue weighted by Gasteiger charge is 2.21. The van der Waals surface area contributed by atoms with E-state index in [4.69, 9.17) is 16.9 Å². The molecule has 0 aromatic heterocycles. The molecule has 0 radical (unpaired) electrons. The zero-order valence-corrected chi connectivity index (χ0v) is 10.8. The van der Waals surface area contributed by atoms with Gasteiger partial charge in [-0.05, 0) is 31.0 Å². The van der Waals surface area contributed by atoms with E-state index in [1.54, 1.807) is 18.2 Å². The largest absolute Gasteiger partial charge is 0.325 e. The Kier molecular flexibility index (Phi) is 4.22. The third-order valence-electron chi connectivity index (χ3n) is 3.34. The molecule has 0 atom stereocenters. The summed E-state index contributed by atoms with van der Waals surface area (Å²) in [7, 11) is 0. The zero-order chi connectivity index (χ0) is 13.0. The summed E-state index contributed by atoms with van der Waals surface area (Å²) in [6, 6.07) is 6.96. The first-order valence-corrected chi connectivity index (χ1v) is 6.59. The lowest BCUT2D eigenvalue weighted by molar-refractivity contribution is -0.120. The molecule has 0 spiro atoms. The van der Waals surface area contributed by atoms with Crippen LogP contribution in [0.3, 0.4) is 0 Å². The number of nitrogens with zero attached hydrogens (tertiary/aromatic N) is 1. The van der Waals surface area contributed by atoms with Gasteiger partial charge in [0, 0.05) is 10.9 Å². The number of carbonyl (C=O) groups excluding carboxylic acids is 1. The quantitative estimate of drug-likeness (QED) is 0.883. The van der Waals surface area contributed by atoms with Crippen molar-refractivity contribution in [3.05, 3.63) is 28.8 Å². The predicted octanol–water partition coefficient (Wildman–Crippen LogP) is 3.73. The molecule has 1 saturated carbocycles. The summed E-state index contributed by atoms with van der Waals surface area (Å²) in [6.45, 7) is 0. The SMILES string of the molecule is N#Cc1ccc(Cl)cc1NC(=O)C1CCCCC1. The summed E-state index contributed by atoms with van der Waals surface area (Å²) >= 11 is 5.88. The molecule has 0 aliphatic heterocycles. The highest BCUT2D eigenvalue weighted by atomic mass is 35.5. The number of halogens is 1. The number of hydrogen-bond donors (Lipinski definition) is 1. The van der Waals surface area contributed by atoms with Crippen LogP contribution in [-0.2, 0) is 4.79 Å². The van der Waals surface area contributed by atoms with E-state index in [0.29, 0.717) is 16.3 Å². The number of carbonyl (C=O) groups is 1. The first-order valence-electron chi connectivity index (χ1n) is 6.21. The normalized spacial score (nSPS) is 16.0. The molecule has 4 heteroatoms. The molecule has 1 aliphatic carbocycles. The van der Waals surface area contributed by atoms with Gasteiger partial charge in [0.1, 0.15) is 6.07 Å². The summed E-state index contributed by atoms with van der Waals surface area (Å²) in [4.78, 5) is 12.1. The van der Waals surface area contributed by atoms with E-state index >= 15 is 0 Å². The molecular formula is C14H15ClN2O. The second-order valence-corrected chi connectivity index (χ2v) is 5.06. The van der Waals surface area contributed by atoms with Gasteiger partial charge in [-0.15, -0.1) is 0 Å². The molecule has 18 heavy (non-hydrogen) atoms. The van der Waals surface area contributed by atoms with Gasteiger partial charge in [0.2, 0.25) is 5.91 Å². The number of amides is 1. The molecule has 1 N–H and O–H groups in total. The van der Waals surface area contributed by atoms with Crippen LogP contribution < -0.4 is 5.32 Å². The number of benzene rings is 1. The lowest BCUT2D eigenvalue weighted by Gasteiger charge is -2.21. The minimum absolute atomic E-state index is 0.00784. The molecule has 0 saturated heterocycles. The molecule has 3 nitrogen and oxygen atoms in total. The first-order chi connectivity index (χ1) is 8.70. The van der Waals surface area contributed by atoms with Crippen LogP contribution in [0.4, 0.5) is 5.69 Å². The Labute approximate surface area is 112 Å². The van der Waals surface area contributed by atoms with E-state index in [0.717, 1.165) is 25.7 Å². The Morgan fingerprint density at radius 3 is 2.72 bits per heavy atom. The van der Waals surface area contributed by atoms with Crippen molar-refractivity contribution in [1.82, 2.24) is 0 Å². The van der Waals surface area contributed by atoms with E-state index in [-0.39, 0.29) is 11.8 Å². The Morgan fingerprint density at radius 2 is 2.06 bits per heavy atom. The van der Waals surface area contributed by atoms with E-state index in [2.05, 4.69) is 11.4 Å². The van der Waals surface area contributed by atoms with Gasteiger partial charge in [-0.25, -0.2) is 0 Å². The minimum Gasteiger partial charge on any atom is -0.325 e. The van der Waals surface area contributed by atoms with Gasteiger partial charge < -0.3 is 5.32 Å². The number of anilines is 1. The summed E-state index contributed by atoms with van der Waals surface area (Å²) in [5, 5.41) is 12.3. The van der Waals surface area contributed by atoms with Gasteiger partial charge in [0.05, 0.1) is 11.3 Å². The van der Waals surface area contributed by atoms with Crippen molar-refractivity contribution in [1.29, 1.82) is 5.26 Å². The molecule has 1 aromatic carbocycles. The van der Waals surface area contributed by atoms with Crippen molar-refractivity contribution in [2.75, 3.05) is 5.32 Å². The van der Waals surface area contributed by atoms with Crippen LogP contribution in [0.5, 0.6) is 0 Å². The van der Waals surface area contributed by atoms with Crippen molar-refractivity contribution >= 4 is 23.2 Å². The highest BCUT2D eigenvalue weighted by molar-refractivity contribution is 6.31. The fourth-order valence-electron chi connectivity index (χ4n) is 2.32. The molecular weight excluding hydrogens is 248 g/mol. The third kappa shape index (κ3) is 3.02. The van der Waals surface area contributed by atoms with Crippen LogP contribution in [0.25, 0.3) is 0 Å². The maximum absolute atomic E-state index is 12.1. The summed E-state index contributed by atoms with van der Waals surface area (Å²) in [6.07, 6.45) is 5.31. The van der Waals surface area contributed by atoms with Crippen LogP contribution >= 0.6 is 11.6 Å². The van der Waals surface area contributed by atoms with E-state index in [1.807, 2.05) is 0 Å². The molecule has 1 fully saturated rings. The van der Waals surface area contributed by atoms with Crippen molar-refractivity contribution < 1.29 is 4.79 Å². The molecule has 0 heterocycles. The number of hydrogen-bond acceptors (Lipinski definition) is 2. The molecule has 1 aliphatic rings. The van der Waals surface area contributed by atoms with E-state index < -0.39 is 0 Å².